The van der Waals surface area contributed by atoms with Gasteiger partial charge in [-0.05, 0) is 12.8 Å². The third-order valence-corrected chi connectivity index (χ3v) is 5.56. The van der Waals surface area contributed by atoms with Crippen molar-refractivity contribution in [2.45, 2.75) is 84.0 Å². The third kappa shape index (κ3) is 19.5. The molecule has 0 rings (SSSR count). The van der Waals surface area contributed by atoms with E-state index in [1.165, 1.54) is 58.4 Å². The average Bonchev–Trinajstić information content (AvgIpc) is 2.64. The van der Waals surface area contributed by atoms with Crippen LogP contribution in [0, 0.1) is 5.92 Å². The number of allylic oxidation sites excluding steroid dienone is 1. The van der Waals surface area contributed by atoms with Crippen LogP contribution in [0.5, 0.6) is 0 Å². The minimum Gasteiger partial charge on any atom is -0.550 e. The monoisotopic (exact) mass is 455 g/mol. The van der Waals surface area contributed by atoms with E-state index in [1.807, 2.05) is 6.08 Å². The predicted molar refractivity (Wildman–Crippen MR) is 113 cm³/mol. The second-order valence-corrected chi connectivity index (χ2v) is 9.20. The zero-order chi connectivity index (χ0) is 22.1. The minimum absolute atomic E-state index is 0. The molecule has 0 bridgehead atoms. The summed E-state index contributed by atoms with van der Waals surface area (Å²) in [6, 6.07) is 0. The van der Waals surface area contributed by atoms with Gasteiger partial charge in [0.15, 0.2) is 0 Å². The number of carbonyl (C=O) groups excluding carboxylic acids is 2. The number of amides is 1. The molecule has 0 aliphatic carbocycles. The number of nitrogens with zero attached hydrogens (tertiary/aromatic N) is 1. The quantitative estimate of drug-likeness (QED) is 0.134. The van der Waals surface area contributed by atoms with E-state index in [9.17, 15) is 23.1 Å². The molecule has 1 atom stereocenters. The second kappa shape index (κ2) is 19.3. The fourth-order valence-electron chi connectivity index (χ4n) is 3.07. The molecular weight excluding hydrogens is 417 g/mol. The molecule has 0 saturated carbocycles. The molecule has 0 spiro atoms. The van der Waals surface area contributed by atoms with Crippen molar-refractivity contribution in [1.82, 2.24) is 4.90 Å². The zero-order valence-electron chi connectivity index (χ0n) is 19.0. The Morgan fingerprint density at radius 3 is 1.97 bits per heavy atom. The Bertz CT molecular complexity index is 594. The standard InChI is InChI=1S/C21H39NO6S.Na/c1-3-4-5-6-7-8-9-10-11-12-13-14-15-19(18-20(23)24)21(25)22(2)16-17-29(26,27)28;/h14-15,19H,3-13,16-18H2,1-2H3,(H,23,24)(H,26,27,28);/q;+1/p-1/b15-14+;. The van der Waals surface area contributed by atoms with Crippen LogP contribution in [0.1, 0.15) is 84.0 Å². The predicted octanol–water partition coefficient (Wildman–Crippen LogP) is -0.0400. The topological polar surface area (TPSA) is 115 Å². The van der Waals surface area contributed by atoms with Gasteiger partial charge < -0.3 is 14.8 Å². The molecule has 0 aromatic carbocycles. The molecule has 1 amide bonds. The molecule has 7 nitrogen and oxygen atoms in total. The van der Waals surface area contributed by atoms with Crippen molar-refractivity contribution in [2.24, 2.45) is 5.92 Å². The van der Waals surface area contributed by atoms with Gasteiger partial charge in [-0.3, -0.25) is 9.35 Å². The van der Waals surface area contributed by atoms with Gasteiger partial charge in [-0.25, -0.2) is 0 Å². The Kier molecular flexibility index (Phi) is 20.4. The molecule has 0 saturated heterocycles. The number of carbonyl (C=O) groups is 2. The van der Waals surface area contributed by atoms with Gasteiger partial charge in [0, 0.05) is 26.0 Å². The summed E-state index contributed by atoms with van der Waals surface area (Å²) in [5.74, 6) is -3.32. The van der Waals surface area contributed by atoms with Crippen molar-refractivity contribution in [3.63, 3.8) is 0 Å². The normalized spacial score (nSPS) is 12.5. The number of carboxylic acids is 1. The van der Waals surface area contributed by atoms with Crippen LogP contribution in [-0.4, -0.2) is 49.1 Å². The first-order valence-electron chi connectivity index (χ1n) is 10.7. The summed E-state index contributed by atoms with van der Waals surface area (Å²) in [5, 5.41) is 10.9. The molecular formula is C21H38NNaO6S. The number of aliphatic carboxylic acids is 1. The third-order valence-electron chi connectivity index (χ3n) is 4.86. The van der Waals surface area contributed by atoms with E-state index < -0.39 is 40.1 Å². The maximum absolute atomic E-state index is 12.3. The Balaban J connectivity index is 0. The Morgan fingerprint density at radius 1 is 1.00 bits per heavy atom. The van der Waals surface area contributed by atoms with E-state index in [-0.39, 0.29) is 36.1 Å². The maximum atomic E-state index is 12.3. The van der Waals surface area contributed by atoms with Gasteiger partial charge in [0.25, 0.3) is 10.1 Å². The largest absolute Gasteiger partial charge is 1.00 e. The van der Waals surface area contributed by atoms with Crippen molar-refractivity contribution >= 4 is 22.0 Å². The van der Waals surface area contributed by atoms with Crippen LogP contribution in [0.3, 0.4) is 0 Å². The van der Waals surface area contributed by atoms with E-state index in [1.54, 1.807) is 6.08 Å². The van der Waals surface area contributed by atoms with Gasteiger partial charge in [-0.15, -0.1) is 0 Å². The number of unbranched alkanes of at least 4 members (excludes halogenated alkanes) is 10. The van der Waals surface area contributed by atoms with Crippen LogP contribution in [0.4, 0.5) is 0 Å². The smallest absolute Gasteiger partial charge is 0.550 e. The van der Waals surface area contributed by atoms with Gasteiger partial charge in [0.1, 0.15) is 0 Å². The molecule has 1 N–H and O–H groups in total. The van der Waals surface area contributed by atoms with Crippen LogP contribution in [0.2, 0.25) is 0 Å². The number of rotatable bonds is 18. The Hall–Kier alpha value is -0.410. The van der Waals surface area contributed by atoms with Gasteiger partial charge in [0.05, 0.1) is 11.7 Å². The SMILES string of the molecule is CCCCCCCCCCCC/C=C/C(CC(=O)[O-])C(=O)N(C)CCS(=O)(=O)O.[Na+]. The molecule has 30 heavy (non-hydrogen) atoms. The summed E-state index contributed by atoms with van der Waals surface area (Å²) in [5.41, 5.74) is 0. The van der Waals surface area contributed by atoms with Gasteiger partial charge in [-0.2, -0.15) is 8.42 Å². The first kappa shape index (κ1) is 31.8. The van der Waals surface area contributed by atoms with Gasteiger partial charge in [0.2, 0.25) is 5.91 Å². The van der Waals surface area contributed by atoms with Crippen LogP contribution in [0.25, 0.3) is 0 Å². The Morgan fingerprint density at radius 2 is 1.50 bits per heavy atom. The van der Waals surface area contributed by atoms with Gasteiger partial charge >= 0.3 is 29.6 Å². The second-order valence-electron chi connectivity index (χ2n) is 7.63. The van der Waals surface area contributed by atoms with Crippen molar-refractivity contribution in [2.75, 3.05) is 19.3 Å². The first-order valence-corrected chi connectivity index (χ1v) is 12.3. The number of hydrogen-bond donors (Lipinski definition) is 1. The minimum atomic E-state index is -4.18. The number of hydrogen-bond acceptors (Lipinski definition) is 5. The molecule has 0 aliphatic heterocycles. The van der Waals surface area contributed by atoms with Crippen molar-refractivity contribution in [3.05, 3.63) is 12.2 Å². The summed E-state index contributed by atoms with van der Waals surface area (Å²) in [7, 11) is -2.80. The fraction of sp³-hybridized carbons (Fsp3) is 0.810. The molecule has 0 fully saturated rings. The molecule has 170 valence electrons. The fourth-order valence-corrected chi connectivity index (χ4v) is 3.58. The molecule has 0 radical (unpaired) electrons. The molecule has 0 aromatic rings. The van der Waals surface area contributed by atoms with E-state index >= 15 is 0 Å². The summed E-state index contributed by atoms with van der Waals surface area (Å²) in [6.07, 6.45) is 16.0. The van der Waals surface area contributed by atoms with Crippen LogP contribution >= 0.6 is 0 Å². The molecule has 9 heteroatoms. The Labute approximate surface area is 204 Å². The van der Waals surface area contributed by atoms with E-state index in [0.29, 0.717) is 0 Å². The molecule has 1 unspecified atom stereocenters. The van der Waals surface area contributed by atoms with Crippen LogP contribution < -0.4 is 34.7 Å². The van der Waals surface area contributed by atoms with E-state index in [2.05, 4.69) is 6.92 Å². The van der Waals surface area contributed by atoms with Crippen molar-refractivity contribution in [3.8, 4) is 0 Å². The summed E-state index contributed by atoms with van der Waals surface area (Å²) in [6.45, 7) is 2.01. The van der Waals surface area contributed by atoms with Crippen molar-refractivity contribution < 1.29 is 57.2 Å². The van der Waals surface area contributed by atoms with Crippen LogP contribution in [-0.2, 0) is 19.7 Å². The summed E-state index contributed by atoms with van der Waals surface area (Å²) >= 11 is 0. The average molecular weight is 456 g/mol. The van der Waals surface area contributed by atoms with E-state index in [4.69, 9.17) is 4.55 Å². The maximum Gasteiger partial charge on any atom is 1.00 e. The molecule has 0 aliphatic rings. The number of carboxylic acid groups (broad SMARTS) is 1. The van der Waals surface area contributed by atoms with Crippen LogP contribution in [0.15, 0.2) is 12.2 Å². The van der Waals surface area contributed by atoms with Gasteiger partial charge in [-0.1, -0.05) is 76.9 Å². The summed E-state index contributed by atoms with van der Waals surface area (Å²) in [4.78, 5) is 24.4. The van der Waals surface area contributed by atoms with Crippen molar-refractivity contribution in [1.29, 1.82) is 0 Å². The van der Waals surface area contributed by atoms with E-state index in [0.717, 1.165) is 24.2 Å². The summed E-state index contributed by atoms with van der Waals surface area (Å²) < 4.78 is 30.4. The molecule has 0 aromatic heterocycles. The zero-order valence-corrected chi connectivity index (χ0v) is 21.8. The molecule has 0 heterocycles. The first-order chi connectivity index (χ1) is 13.7.